The van der Waals surface area contributed by atoms with Gasteiger partial charge in [0.05, 0.1) is 13.2 Å². The lowest BCUT2D eigenvalue weighted by Crippen LogP contribution is -2.39. The zero-order valence-corrected chi connectivity index (χ0v) is 20.5. The van der Waals surface area contributed by atoms with E-state index in [1.54, 1.807) is 7.11 Å². The van der Waals surface area contributed by atoms with Crippen molar-refractivity contribution in [2.75, 3.05) is 53.0 Å². The Morgan fingerprint density at radius 1 is 1.24 bits per heavy atom. The van der Waals surface area contributed by atoms with Gasteiger partial charge in [0.15, 0.2) is 5.96 Å². The van der Waals surface area contributed by atoms with Crippen molar-refractivity contribution >= 4 is 29.9 Å². The Balaban J connectivity index is 0.00000420. The first-order chi connectivity index (χ1) is 13.7. The van der Waals surface area contributed by atoms with Crippen LogP contribution in [0.4, 0.5) is 0 Å². The molecule has 0 radical (unpaired) electrons. The highest BCUT2D eigenvalue weighted by Crippen LogP contribution is 2.15. The monoisotopic (exact) mass is 519 g/mol. The number of piperidine rings is 1. The normalized spacial score (nSPS) is 15.6. The summed E-state index contributed by atoms with van der Waals surface area (Å²) < 4.78 is 10.5. The molecule has 1 aliphatic heterocycles. The molecule has 0 atom stereocenters. The van der Waals surface area contributed by atoms with Crippen molar-refractivity contribution in [3.63, 3.8) is 0 Å². The Labute approximate surface area is 193 Å². The maximum absolute atomic E-state index is 5.49. The lowest BCUT2D eigenvalue weighted by molar-refractivity contribution is 0.143. The van der Waals surface area contributed by atoms with E-state index in [2.05, 4.69) is 39.4 Å². The van der Waals surface area contributed by atoms with Crippen molar-refractivity contribution in [1.29, 1.82) is 0 Å². The lowest BCUT2D eigenvalue weighted by atomic mass is 9.99. The lowest BCUT2D eigenvalue weighted by Gasteiger charge is -2.30. The first kappa shape index (κ1) is 25.9. The highest BCUT2D eigenvalue weighted by Gasteiger charge is 2.14. The van der Waals surface area contributed by atoms with Gasteiger partial charge in [0.1, 0.15) is 6.61 Å². The van der Waals surface area contributed by atoms with E-state index in [1.165, 1.54) is 25.9 Å². The molecule has 2 N–H and O–H groups in total. The van der Waals surface area contributed by atoms with Gasteiger partial charge in [-0.25, -0.2) is 9.98 Å². The molecule has 0 unspecified atom stereocenters. The van der Waals surface area contributed by atoms with Crippen LogP contribution in [-0.2, 0) is 11.3 Å². The zero-order valence-electron chi connectivity index (χ0n) is 18.2. The van der Waals surface area contributed by atoms with Gasteiger partial charge in [-0.2, -0.15) is 0 Å². The molecule has 0 spiro atoms. The molecule has 1 aromatic rings. The maximum atomic E-state index is 5.49. The largest absolute Gasteiger partial charge is 0.475 e. The number of halogens is 1. The molecular formula is C21H38IN5O2. The highest BCUT2D eigenvalue weighted by atomic mass is 127. The third-order valence-electron chi connectivity index (χ3n) is 4.92. The molecule has 0 saturated carbocycles. The summed E-state index contributed by atoms with van der Waals surface area (Å²) in [6.45, 7) is 11.5. The van der Waals surface area contributed by atoms with E-state index < -0.39 is 0 Å². The number of aromatic nitrogens is 1. The Kier molecular flexibility index (Phi) is 14.0. The third-order valence-corrected chi connectivity index (χ3v) is 4.92. The second-order valence-electron chi connectivity index (χ2n) is 7.35. The molecular weight excluding hydrogens is 481 g/mol. The molecule has 7 nitrogen and oxygen atoms in total. The molecule has 0 aromatic carbocycles. The summed E-state index contributed by atoms with van der Waals surface area (Å²) in [5.41, 5.74) is 1.05. The second kappa shape index (κ2) is 15.7. The maximum Gasteiger partial charge on any atom is 0.213 e. The molecule has 1 aromatic heterocycles. The van der Waals surface area contributed by atoms with Crippen LogP contribution in [0.25, 0.3) is 0 Å². The number of aliphatic imine (C=N–C) groups is 1. The van der Waals surface area contributed by atoms with E-state index in [4.69, 9.17) is 9.47 Å². The minimum atomic E-state index is 0. The summed E-state index contributed by atoms with van der Waals surface area (Å²) in [5.74, 6) is 2.36. The SMILES string of the molecule is CCNC(=NCc1ccc(OCCOC)nc1)NCCCN1CCC(C)CC1.I. The van der Waals surface area contributed by atoms with E-state index in [-0.39, 0.29) is 24.0 Å². The predicted octanol–water partition coefficient (Wildman–Crippen LogP) is 2.90. The average Bonchev–Trinajstić information content (AvgIpc) is 2.72. The van der Waals surface area contributed by atoms with Crippen LogP contribution in [0, 0.1) is 5.92 Å². The van der Waals surface area contributed by atoms with Gasteiger partial charge in [-0.3, -0.25) is 0 Å². The predicted molar refractivity (Wildman–Crippen MR) is 129 cm³/mol. The van der Waals surface area contributed by atoms with Gasteiger partial charge in [-0.05, 0) is 57.3 Å². The van der Waals surface area contributed by atoms with Gasteiger partial charge < -0.3 is 25.0 Å². The first-order valence-corrected chi connectivity index (χ1v) is 10.5. The number of likely N-dealkylation sites (tertiary alicyclic amines) is 1. The molecule has 8 heteroatoms. The van der Waals surface area contributed by atoms with Crippen molar-refractivity contribution in [2.24, 2.45) is 10.9 Å². The Hall–Kier alpha value is -1.13. The second-order valence-corrected chi connectivity index (χ2v) is 7.35. The van der Waals surface area contributed by atoms with Gasteiger partial charge in [0, 0.05) is 32.5 Å². The average molecular weight is 519 g/mol. The molecule has 1 saturated heterocycles. The van der Waals surface area contributed by atoms with Crippen LogP contribution >= 0.6 is 24.0 Å². The summed E-state index contributed by atoms with van der Waals surface area (Å²) in [6.07, 6.45) is 5.62. The Morgan fingerprint density at radius 2 is 2.03 bits per heavy atom. The van der Waals surface area contributed by atoms with Crippen LogP contribution in [0.1, 0.15) is 38.7 Å². The number of methoxy groups -OCH3 is 1. The fourth-order valence-electron chi connectivity index (χ4n) is 3.13. The van der Waals surface area contributed by atoms with E-state index >= 15 is 0 Å². The molecule has 2 rings (SSSR count). The summed E-state index contributed by atoms with van der Waals surface area (Å²) in [4.78, 5) is 11.6. The molecule has 1 fully saturated rings. The number of nitrogens with zero attached hydrogens (tertiary/aromatic N) is 3. The van der Waals surface area contributed by atoms with Crippen LogP contribution in [-0.4, -0.2) is 68.9 Å². The number of nitrogens with one attached hydrogen (secondary N) is 2. The van der Waals surface area contributed by atoms with E-state index in [0.29, 0.717) is 25.6 Å². The van der Waals surface area contributed by atoms with Gasteiger partial charge in [-0.15, -0.1) is 24.0 Å². The summed E-state index contributed by atoms with van der Waals surface area (Å²) in [6, 6.07) is 3.87. The number of pyridine rings is 1. The van der Waals surface area contributed by atoms with Crippen molar-refractivity contribution in [3.8, 4) is 5.88 Å². The van der Waals surface area contributed by atoms with Gasteiger partial charge >= 0.3 is 0 Å². The van der Waals surface area contributed by atoms with Crippen molar-refractivity contribution in [1.82, 2.24) is 20.5 Å². The third kappa shape index (κ3) is 11.0. The Morgan fingerprint density at radius 3 is 2.69 bits per heavy atom. The topological polar surface area (TPSA) is 71.0 Å². The smallest absolute Gasteiger partial charge is 0.213 e. The Bertz CT molecular complexity index is 563. The number of guanidine groups is 1. The minimum Gasteiger partial charge on any atom is -0.475 e. The van der Waals surface area contributed by atoms with Crippen LogP contribution in [0.3, 0.4) is 0 Å². The molecule has 166 valence electrons. The first-order valence-electron chi connectivity index (χ1n) is 10.5. The van der Waals surface area contributed by atoms with Gasteiger partial charge in [-0.1, -0.05) is 13.0 Å². The fraction of sp³-hybridized carbons (Fsp3) is 0.714. The molecule has 0 amide bonds. The molecule has 2 heterocycles. The number of hydrogen-bond donors (Lipinski definition) is 2. The molecule has 29 heavy (non-hydrogen) atoms. The number of rotatable bonds is 11. The van der Waals surface area contributed by atoms with Crippen molar-refractivity contribution in [2.45, 2.75) is 39.7 Å². The van der Waals surface area contributed by atoms with E-state index in [0.717, 1.165) is 43.5 Å². The van der Waals surface area contributed by atoms with Crippen LogP contribution in [0.5, 0.6) is 5.88 Å². The molecule has 1 aliphatic rings. The number of hydrogen-bond acceptors (Lipinski definition) is 5. The van der Waals surface area contributed by atoms with Crippen LogP contribution < -0.4 is 15.4 Å². The molecule has 0 bridgehead atoms. The molecule has 0 aliphatic carbocycles. The summed E-state index contributed by atoms with van der Waals surface area (Å²) in [5, 5.41) is 6.75. The minimum absolute atomic E-state index is 0. The highest BCUT2D eigenvalue weighted by molar-refractivity contribution is 14.0. The van der Waals surface area contributed by atoms with Gasteiger partial charge in [0.25, 0.3) is 0 Å². The van der Waals surface area contributed by atoms with Crippen molar-refractivity contribution < 1.29 is 9.47 Å². The van der Waals surface area contributed by atoms with E-state index in [9.17, 15) is 0 Å². The fourth-order valence-corrected chi connectivity index (χ4v) is 3.13. The van der Waals surface area contributed by atoms with Gasteiger partial charge in [0.2, 0.25) is 5.88 Å². The van der Waals surface area contributed by atoms with E-state index in [1.807, 2.05) is 18.3 Å². The van der Waals surface area contributed by atoms with Crippen LogP contribution in [0.2, 0.25) is 0 Å². The van der Waals surface area contributed by atoms with Crippen LogP contribution in [0.15, 0.2) is 23.3 Å². The summed E-state index contributed by atoms with van der Waals surface area (Å²) >= 11 is 0. The quantitative estimate of drug-likeness (QED) is 0.203. The van der Waals surface area contributed by atoms with Crippen molar-refractivity contribution in [3.05, 3.63) is 23.9 Å². The standard InChI is InChI=1S/C21H37N5O2.HI/c1-4-22-21(23-10-5-11-26-12-8-18(2)9-13-26)25-17-19-6-7-20(24-16-19)28-15-14-27-3;/h6-7,16,18H,4-5,8-15,17H2,1-3H3,(H2,22,23,25);1H. The summed E-state index contributed by atoms with van der Waals surface area (Å²) in [7, 11) is 1.65. The number of ether oxygens (including phenoxy) is 2. The zero-order chi connectivity index (χ0) is 20.0.